The Labute approximate surface area is 122 Å². The molecule has 21 heavy (non-hydrogen) atoms. The molecule has 2 rings (SSSR count). The molecule has 0 aliphatic carbocycles. The molecule has 6 heteroatoms. The van der Waals surface area contributed by atoms with E-state index in [1.165, 1.54) is 23.1 Å². The summed E-state index contributed by atoms with van der Waals surface area (Å²) in [5.74, 6) is 3.83. The second kappa shape index (κ2) is 6.37. The van der Waals surface area contributed by atoms with Crippen molar-refractivity contribution in [3.8, 4) is 11.8 Å². The van der Waals surface area contributed by atoms with Crippen molar-refractivity contribution < 1.29 is 14.0 Å². The lowest BCUT2D eigenvalue weighted by Crippen LogP contribution is -2.32. The minimum atomic E-state index is -0.468. The number of likely N-dealkylation sites (tertiary alicyclic amines) is 1. The molecule has 0 spiro atoms. The zero-order valence-corrected chi connectivity index (χ0v) is 11.4. The third kappa shape index (κ3) is 3.38. The molecule has 1 aliphatic heterocycles. The average Bonchev–Trinajstić information content (AvgIpc) is 2.94. The van der Waals surface area contributed by atoms with Crippen molar-refractivity contribution in [1.29, 1.82) is 0 Å². The molecule has 1 heterocycles. The van der Waals surface area contributed by atoms with E-state index in [1.807, 2.05) is 0 Å². The highest BCUT2D eigenvalue weighted by molar-refractivity contribution is 5.97. The first-order valence-corrected chi connectivity index (χ1v) is 6.60. The number of carbonyl (C=O) groups is 2. The zero-order valence-electron chi connectivity index (χ0n) is 11.4. The first-order valence-electron chi connectivity index (χ1n) is 6.60. The van der Waals surface area contributed by atoms with Gasteiger partial charge in [-0.1, -0.05) is 11.8 Å². The largest absolute Gasteiger partial charge is 0.369 e. The molecule has 5 nitrogen and oxygen atoms in total. The van der Waals surface area contributed by atoms with Crippen LogP contribution in [0.1, 0.15) is 22.3 Å². The van der Waals surface area contributed by atoms with E-state index in [2.05, 4.69) is 11.8 Å². The molecule has 1 aromatic rings. The van der Waals surface area contributed by atoms with Crippen LogP contribution in [-0.2, 0) is 4.79 Å². The van der Waals surface area contributed by atoms with Crippen LogP contribution in [0.4, 0.5) is 4.39 Å². The molecule has 1 unspecified atom stereocenters. The van der Waals surface area contributed by atoms with Crippen molar-refractivity contribution in [2.24, 2.45) is 17.4 Å². The molecule has 0 radical (unpaired) electrons. The number of halogens is 1. The summed E-state index contributed by atoms with van der Waals surface area (Å²) < 4.78 is 13.3. The van der Waals surface area contributed by atoms with Gasteiger partial charge in [0.15, 0.2) is 0 Å². The van der Waals surface area contributed by atoms with Gasteiger partial charge in [-0.3, -0.25) is 9.59 Å². The number of hydrogen-bond donors (Lipinski definition) is 2. The molecule has 1 atom stereocenters. The maximum absolute atomic E-state index is 13.3. The summed E-state index contributed by atoms with van der Waals surface area (Å²) in [6.07, 6.45) is 0.548. The van der Waals surface area contributed by atoms with Crippen LogP contribution in [0.15, 0.2) is 18.2 Å². The molecule has 1 aliphatic rings. The van der Waals surface area contributed by atoms with E-state index in [-0.39, 0.29) is 24.9 Å². The van der Waals surface area contributed by atoms with Gasteiger partial charge in [0.2, 0.25) is 5.91 Å². The maximum atomic E-state index is 13.3. The van der Waals surface area contributed by atoms with Crippen molar-refractivity contribution in [3.05, 3.63) is 35.1 Å². The number of primary amides is 1. The van der Waals surface area contributed by atoms with E-state index in [4.69, 9.17) is 11.5 Å². The standard InChI is InChI=1S/C15H16FN3O2/c16-12-3-4-13(10(8-12)2-1-6-17)15(21)19-7-5-11(9-19)14(18)20/h3-4,8,11H,5-7,9,17H2,(H2,18,20). The minimum Gasteiger partial charge on any atom is -0.369 e. The first-order chi connectivity index (χ1) is 10.0. The minimum absolute atomic E-state index is 0.123. The molecular formula is C15H16FN3O2. The average molecular weight is 289 g/mol. The van der Waals surface area contributed by atoms with E-state index in [9.17, 15) is 14.0 Å². The van der Waals surface area contributed by atoms with Gasteiger partial charge in [-0.05, 0) is 24.6 Å². The van der Waals surface area contributed by atoms with Gasteiger partial charge in [0.1, 0.15) is 5.82 Å². The Morgan fingerprint density at radius 1 is 1.43 bits per heavy atom. The van der Waals surface area contributed by atoms with E-state index in [1.54, 1.807) is 0 Å². The number of rotatable bonds is 2. The normalized spacial score (nSPS) is 17.2. The van der Waals surface area contributed by atoms with Gasteiger partial charge in [-0.2, -0.15) is 0 Å². The molecule has 0 aromatic heterocycles. The maximum Gasteiger partial charge on any atom is 0.255 e. The Bertz CT molecular complexity index is 634. The Morgan fingerprint density at radius 2 is 2.19 bits per heavy atom. The van der Waals surface area contributed by atoms with Crippen LogP contribution < -0.4 is 11.5 Å². The van der Waals surface area contributed by atoms with Crippen LogP contribution in [-0.4, -0.2) is 36.3 Å². The van der Waals surface area contributed by atoms with E-state index < -0.39 is 11.7 Å². The number of hydrogen-bond acceptors (Lipinski definition) is 3. The summed E-state index contributed by atoms with van der Waals surface area (Å²) >= 11 is 0. The van der Waals surface area contributed by atoms with Crippen LogP contribution in [0.2, 0.25) is 0 Å². The van der Waals surface area contributed by atoms with Crippen molar-refractivity contribution in [3.63, 3.8) is 0 Å². The number of carbonyl (C=O) groups excluding carboxylic acids is 2. The van der Waals surface area contributed by atoms with Crippen LogP contribution in [0.5, 0.6) is 0 Å². The Morgan fingerprint density at radius 3 is 2.81 bits per heavy atom. The lowest BCUT2D eigenvalue weighted by molar-refractivity contribution is -0.121. The van der Waals surface area contributed by atoms with Gasteiger partial charge < -0.3 is 16.4 Å². The second-order valence-electron chi connectivity index (χ2n) is 4.83. The lowest BCUT2D eigenvalue weighted by Gasteiger charge is -2.17. The lowest BCUT2D eigenvalue weighted by atomic mass is 10.1. The van der Waals surface area contributed by atoms with Crippen molar-refractivity contribution in [2.45, 2.75) is 6.42 Å². The molecule has 1 aromatic carbocycles. The van der Waals surface area contributed by atoms with Crippen molar-refractivity contribution in [1.82, 2.24) is 4.90 Å². The summed E-state index contributed by atoms with van der Waals surface area (Å²) in [7, 11) is 0. The molecule has 2 amide bonds. The summed E-state index contributed by atoms with van der Waals surface area (Å²) in [6.45, 7) is 0.862. The third-order valence-electron chi connectivity index (χ3n) is 3.41. The number of nitrogens with zero attached hydrogens (tertiary/aromatic N) is 1. The highest BCUT2D eigenvalue weighted by Gasteiger charge is 2.30. The smallest absolute Gasteiger partial charge is 0.255 e. The summed E-state index contributed by atoms with van der Waals surface area (Å²) in [6, 6.07) is 3.82. The quantitative estimate of drug-likeness (QED) is 0.756. The predicted octanol–water partition coefficient (Wildman–Crippen LogP) is 0.0833. The number of amides is 2. The van der Waals surface area contributed by atoms with E-state index >= 15 is 0 Å². The topological polar surface area (TPSA) is 89.4 Å². The summed E-state index contributed by atoms with van der Waals surface area (Å²) in [5, 5.41) is 0. The Kier molecular flexibility index (Phi) is 4.55. The third-order valence-corrected chi connectivity index (χ3v) is 3.41. The van der Waals surface area contributed by atoms with Crippen molar-refractivity contribution >= 4 is 11.8 Å². The van der Waals surface area contributed by atoms with Gasteiger partial charge in [0.05, 0.1) is 18.0 Å². The van der Waals surface area contributed by atoms with E-state index in [0.29, 0.717) is 24.1 Å². The number of benzene rings is 1. The fraction of sp³-hybridized carbons (Fsp3) is 0.333. The molecule has 110 valence electrons. The van der Waals surface area contributed by atoms with Gasteiger partial charge in [0, 0.05) is 18.7 Å². The highest BCUT2D eigenvalue weighted by Crippen LogP contribution is 2.20. The summed E-state index contributed by atoms with van der Waals surface area (Å²) in [4.78, 5) is 25.2. The molecule has 1 fully saturated rings. The Hall–Kier alpha value is -2.39. The number of nitrogens with two attached hydrogens (primary N) is 2. The van der Waals surface area contributed by atoms with Gasteiger partial charge in [-0.15, -0.1) is 0 Å². The first kappa shape index (κ1) is 15.0. The summed E-state index contributed by atoms with van der Waals surface area (Å²) in [5.41, 5.74) is 11.2. The fourth-order valence-corrected chi connectivity index (χ4v) is 2.30. The second-order valence-corrected chi connectivity index (χ2v) is 4.83. The zero-order chi connectivity index (χ0) is 15.4. The monoisotopic (exact) mass is 289 g/mol. The van der Waals surface area contributed by atoms with Gasteiger partial charge >= 0.3 is 0 Å². The molecule has 0 bridgehead atoms. The molecule has 0 saturated carbocycles. The fourth-order valence-electron chi connectivity index (χ4n) is 2.30. The van der Waals surface area contributed by atoms with Crippen LogP contribution in [0, 0.1) is 23.6 Å². The van der Waals surface area contributed by atoms with Gasteiger partial charge in [0.25, 0.3) is 5.91 Å². The van der Waals surface area contributed by atoms with E-state index in [0.717, 1.165) is 0 Å². The predicted molar refractivity (Wildman–Crippen MR) is 75.5 cm³/mol. The highest BCUT2D eigenvalue weighted by atomic mass is 19.1. The van der Waals surface area contributed by atoms with Crippen LogP contribution in [0.25, 0.3) is 0 Å². The molecule has 4 N–H and O–H groups in total. The molecular weight excluding hydrogens is 273 g/mol. The van der Waals surface area contributed by atoms with Crippen LogP contribution in [0.3, 0.4) is 0 Å². The van der Waals surface area contributed by atoms with Crippen LogP contribution >= 0.6 is 0 Å². The Balaban J connectivity index is 2.25. The molecule has 1 saturated heterocycles. The SMILES string of the molecule is NCC#Cc1cc(F)ccc1C(=O)N1CCC(C(N)=O)C1. The van der Waals surface area contributed by atoms with Crippen molar-refractivity contribution in [2.75, 3.05) is 19.6 Å². The van der Waals surface area contributed by atoms with Gasteiger partial charge in [-0.25, -0.2) is 4.39 Å².